The van der Waals surface area contributed by atoms with Crippen LogP contribution in [0, 0.1) is 0 Å². The number of hydrogen-bond donors (Lipinski definition) is 2. The average molecular weight is 308 g/mol. The predicted octanol–water partition coefficient (Wildman–Crippen LogP) is 2.37. The lowest BCUT2D eigenvalue weighted by molar-refractivity contribution is -0.132. The number of rotatable bonds is 6. The zero-order valence-corrected chi connectivity index (χ0v) is 12.8. The summed E-state index contributed by atoms with van der Waals surface area (Å²) in [6.07, 6.45) is 1.19. The third kappa shape index (κ3) is 9.55. The van der Waals surface area contributed by atoms with E-state index in [0.717, 1.165) is 19.5 Å². The van der Waals surface area contributed by atoms with Gasteiger partial charge in [0.2, 0.25) is 0 Å². The second-order valence-electron chi connectivity index (χ2n) is 5.40. The molecule has 0 aromatic rings. The molecule has 0 saturated carbocycles. The zero-order chi connectivity index (χ0) is 15.6. The molecular formula is C14H27F3N4. The summed E-state index contributed by atoms with van der Waals surface area (Å²) < 4.78 is 36.1. The van der Waals surface area contributed by atoms with Crippen LogP contribution in [0.2, 0.25) is 0 Å². The van der Waals surface area contributed by atoms with Gasteiger partial charge in [-0.3, -0.25) is 4.99 Å². The summed E-state index contributed by atoms with van der Waals surface area (Å²) >= 11 is 0. The summed E-state index contributed by atoms with van der Waals surface area (Å²) in [5.41, 5.74) is 0. The molecule has 7 heteroatoms. The normalized spacial score (nSPS) is 18.4. The van der Waals surface area contributed by atoms with Crippen LogP contribution in [0.1, 0.15) is 38.5 Å². The summed E-state index contributed by atoms with van der Waals surface area (Å²) in [6.45, 7) is 3.95. The van der Waals surface area contributed by atoms with Crippen molar-refractivity contribution in [2.24, 2.45) is 4.99 Å². The van der Waals surface area contributed by atoms with Gasteiger partial charge in [-0.2, -0.15) is 13.2 Å². The molecule has 1 rings (SSSR count). The molecule has 0 bridgehead atoms. The number of halogens is 3. The molecule has 0 atom stereocenters. The molecule has 0 radical (unpaired) electrons. The molecule has 1 heterocycles. The van der Waals surface area contributed by atoms with E-state index in [1.54, 1.807) is 7.05 Å². The third-order valence-corrected chi connectivity index (χ3v) is 3.57. The fourth-order valence-electron chi connectivity index (χ4n) is 2.41. The molecule has 1 saturated heterocycles. The van der Waals surface area contributed by atoms with Gasteiger partial charge in [-0.05, 0) is 38.9 Å². The van der Waals surface area contributed by atoms with E-state index in [1.807, 2.05) is 0 Å². The topological polar surface area (TPSA) is 39.7 Å². The van der Waals surface area contributed by atoms with Crippen molar-refractivity contribution in [3.63, 3.8) is 0 Å². The van der Waals surface area contributed by atoms with Crippen molar-refractivity contribution in [3.05, 3.63) is 0 Å². The standard InChI is InChI=1S/C14H27F3N4/c1-18-13(20-9-7-14(15,16)17)19-8-6-12-21-10-4-2-3-5-11-21/h2-12H2,1H3,(H2,18,19,20). The van der Waals surface area contributed by atoms with Gasteiger partial charge in [-0.1, -0.05) is 12.8 Å². The lowest BCUT2D eigenvalue weighted by Crippen LogP contribution is -2.40. The van der Waals surface area contributed by atoms with Gasteiger partial charge < -0.3 is 15.5 Å². The minimum Gasteiger partial charge on any atom is -0.356 e. The highest BCUT2D eigenvalue weighted by Gasteiger charge is 2.26. The van der Waals surface area contributed by atoms with Crippen LogP contribution in [0.15, 0.2) is 4.99 Å². The summed E-state index contributed by atoms with van der Waals surface area (Å²) in [5.74, 6) is 0.440. The SMILES string of the molecule is CN=C(NCCCN1CCCCCC1)NCCC(F)(F)F. The van der Waals surface area contributed by atoms with Crippen LogP contribution in [0.4, 0.5) is 13.2 Å². The Hall–Kier alpha value is -0.980. The van der Waals surface area contributed by atoms with Crippen molar-refractivity contribution in [3.8, 4) is 0 Å². The highest BCUT2D eigenvalue weighted by Crippen LogP contribution is 2.18. The molecule has 1 aliphatic heterocycles. The van der Waals surface area contributed by atoms with Crippen molar-refractivity contribution in [2.75, 3.05) is 39.8 Å². The van der Waals surface area contributed by atoms with Crippen LogP contribution < -0.4 is 10.6 Å². The van der Waals surface area contributed by atoms with Gasteiger partial charge in [-0.15, -0.1) is 0 Å². The van der Waals surface area contributed by atoms with Crippen LogP contribution in [-0.2, 0) is 0 Å². The van der Waals surface area contributed by atoms with Gasteiger partial charge in [0, 0.05) is 20.1 Å². The molecule has 21 heavy (non-hydrogen) atoms. The van der Waals surface area contributed by atoms with Gasteiger partial charge in [0.15, 0.2) is 5.96 Å². The van der Waals surface area contributed by atoms with E-state index >= 15 is 0 Å². The van der Waals surface area contributed by atoms with Crippen LogP contribution in [0.25, 0.3) is 0 Å². The zero-order valence-electron chi connectivity index (χ0n) is 12.8. The minimum atomic E-state index is -4.13. The maximum atomic E-state index is 12.0. The smallest absolute Gasteiger partial charge is 0.356 e. The second kappa shape index (κ2) is 9.87. The first-order valence-corrected chi connectivity index (χ1v) is 7.75. The average Bonchev–Trinajstić information content (AvgIpc) is 2.69. The molecule has 0 unspecified atom stereocenters. The summed E-state index contributed by atoms with van der Waals surface area (Å²) in [5, 5.41) is 5.74. The van der Waals surface area contributed by atoms with E-state index < -0.39 is 12.6 Å². The molecule has 1 fully saturated rings. The Morgan fingerprint density at radius 1 is 1.05 bits per heavy atom. The molecule has 2 N–H and O–H groups in total. The van der Waals surface area contributed by atoms with Gasteiger partial charge in [-0.25, -0.2) is 0 Å². The van der Waals surface area contributed by atoms with Crippen LogP contribution in [0.3, 0.4) is 0 Å². The van der Waals surface area contributed by atoms with E-state index in [2.05, 4.69) is 20.5 Å². The molecule has 0 aliphatic carbocycles. The number of aliphatic imine (C=N–C) groups is 1. The van der Waals surface area contributed by atoms with Crippen molar-refractivity contribution >= 4 is 5.96 Å². The Balaban J connectivity index is 2.09. The first-order valence-electron chi connectivity index (χ1n) is 7.75. The first kappa shape index (κ1) is 18.1. The summed E-state index contributed by atoms with van der Waals surface area (Å²) in [7, 11) is 1.57. The lowest BCUT2D eigenvalue weighted by atomic mass is 10.2. The minimum absolute atomic E-state index is 0.144. The molecule has 0 aromatic carbocycles. The van der Waals surface area contributed by atoms with E-state index in [-0.39, 0.29) is 6.54 Å². The Kier molecular flexibility index (Phi) is 8.49. The predicted molar refractivity (Wildman–Crippen MR) is 79.6 cm³/mol. The Labute approximate surface area is 125 Å². The molecule has 0 spiro atoms. The number of nitrogens with zero attached hydrogens (tertiary/aromatic N) is 2. The molecular weight excluding hydrogens is 281 g/mol. The van der Waals surface area contributed by atoms with Crippen molar-refractivity contribution in [1.82, 2.24) is 15.5 Å². The van der Waals surface area contributed by atoms with Crippen LogP contribution >= 0.6 is 0 Å². The Morgan fingerprint density at radius 2 is 1.67 bits per heavy atom. The van der Waals surface area contributed by atoms with Gasteiger partial charge in [0.1, 0.15) is 0 Å². The van der Waals surface area contributed by atoms with Gasteiger partial charge in [0.05, 0.1) is 6.42 Å². The fourth-order valence-corrected chi connectivity index (χ4v) is 2.41. The van der Waals surface area contributed by atoms with Crippen molar-refractivity contribution in [1.29, 1.82) is 0 Å². The molecule has 1 aliphatic rings. The molecule has 4 nitrogen and oxygen atoms in total. The lowest BCUT2D eigenvalue weighted by Gasteiger charge is -2.20. The highest BCUT2D eigenvalue weighted by molar-refractivity contribution is 5.79. The summed E-state index contributed by atoms with van der Waals surface area (Å²) in [4.78, 5) is 6.39. The van der Waals surface area contributed by atoms with E-state index in [0.29, 0.717) is 5.96 Å². The summed E-state index contributed by atoms with van der Waals surface area (Å²) in [6, 6.07) is 0. The Bertz CT molecular complexity index is 297. The number of alkyl halides is 3. The second-order valence-corrected chi connectivity index (χ2v) is 5.40. The monoisotopic (exact) mass is 308 g/mol. The van der Waals surface area contributed by atoms with Gasteiger partial charge in [0.25, 0.3) is 0 Å². The van der Waals surface area contributed by atoms with Gasteiger partial charge >= 0.3 is 6.18 Å². The van der Waals surface area contributed by atoms with E-state index in [1.165, 1.54) is 38.8 Å². The highest BCUT2D eigenvalue weighted by atomic mass is 19.4. The van der Waals surface area contributed by atoms with E-state index in [4.69, 9.17) is 0 Å². The van der Waals surface area contributed by atoms with Crippen LogP contribution in [-0.4, -0.2) is 56.8 Å². The largest absolute Gasteiger partial charge is 0.390 e. The maximum absolute atomic E-state index is 12.0. The molecule has 124 valence electrons. The number of guanidine groups is 1. The van der Waals surface area contributed by atoms with Crippen LogP contribution in [0.5, 0.6) is 0 Å². The third-order valence-electron chi connectivity index (χ3n) is 3.57. The number of hydrogen-bond acceptors (Lipinski definition) is 2. The number of nitrogens with one attached hydrogen (secondary N) is 2. The Morgan fingerprint density at radius 3 is 2.24 bits per heavy atom. The fraction of sp³-hybridized carbons (Fsp3) is 0.929. The maximum Gasteiger partial charge on any atom is 0.390 e. The van der Waals surface area contributed by atoms with Crippen molar-refractivity contribution < 1.29 is 13.2 Å². The first-order chi connectivity index (χ1) is 10.0. The van der Waals surface area contributed by atoms with Crippen molar-refractivity contribution in [2.45, 2.75) is 44.7 Å². The van der Waals surface area contributed by atoms with E-state index in [9.17, 15) is 13.2 Å². The number of likely N-dealkylation sites (tertiary alicyclic amines) is 1. The molecule has 0 amide bonds. The molecule has 0 aromatic heterocycles. The quantitative estimate of drug-likeness (QED) is 0.449.